The van der Waals surface area contributed by atoms with Gasteiger partial charge in [0.05, 0.1) is 0 Å². The van der Waals surface area contributed by atoms with E-state index in [-0.39, 0.29) is 12.1 Å². The molecule has 1 aromatic heterocycles. The van der Waals surface area contributed by atoms with Crippen LogP contribution in [-0.2, 0) is 4.74 Å². The van der Waals surface area contributed by atoms with Crippen LogP contribution in [0.3, 0.4) is 0 Å². The van der Waals surface area contributed by atoms with Gasteiger partial charge in [-0.25, -0.2) is 9.78 Å². The second-order valence-electron chi connectivity index (χ2n) is 5.77. The van der Waals surface area contributed by atoms with Crippen LogP contribution in [0.25, 0.3) is 0 Å². The fourth-order valence-corrected chi connectivity index (χ4v) is 2.03. The fourth-order valence-electron chi connectivity index (χ4n) is 2.03. The van der Waals surface area contributed by atoms with Crippen molar-refractivity contribution in [2.45, 2.75) is 38.8 Å². The van der Waals surface area contributed by atoms with Crippen molar-refractivity contribution in [3.63, 3.8) is 0 Å². The van der Waals surface area contributed by atoms with E-state index in [2.05, 4.69) is 10.3 Å². The summed E-state index contributed by atoms with van der Waals surface area (Å²) < 4.78 is 5.36. The number of carbonyl (C=O) groups is 1. The van der Waals surface area contributed by atoms with Crippen LogP contribution in [0.2, 0.25) is 0 Å². The molecule has 0 bridgehead atoms. The number of amides is 1. The van der Waals surface area contributed by atoms with Crippen molar-refractivity contribution in [3.05, 3.63) is 24.4 Å². The van der Waals surface area contributed by atoms with Gasteiger partial charge < -0.3 is 15.0 Å². The number of pyridine rings is 1. The van der Waals surface area contributed by atoms with Crippen molar-refractivity contribution >= 4 is 11.9 Å². The second kappa shape index (κ2) is 5.47. The Morgan fingerprint density at radius 2 is 2.26 bits per heavy atom. The molecule has 2 rings (SSSR count). The maximum Gasteiger partial charge on any atom is 0.410 e. The summed E-state index contributed by atoms with van der Waals surface area (Å²) in [6.45, 7) is 7.02. The standard InChI is InChI=1S/C14H21N3O2/c1-14(2,3)19-13(18)17-9-7-11(10-17)16-12-6-4-5-8-15-12/h4-6,8,11H,7,9-10H2,1-3H3,(H,15,16)/t11-/m1/s1. The molecule has 5 heteroatoms. The second-order valence-corrected chi connectivity index (χ2v) is 5.77. The smallest absolute Gasteiger partial charge is 0.410 e. The van der Waals surface area contributed by atoms with Crippen molar-refractivity contribution in [1.82, 2.24) is 9.88 Å². The van der Waals surface area contributed by atoms with Crippen molar-refractivity contribution in [2.75, 3.05) is 18.4 Å². The summed E-state index contributed by atoms with van der Waals surface area (Å²) in [7, 11) is 0. The molecule has 1 aromatic rings. The van der Waals surface area contributed by atoms with Gasteiger partial charge in [-0.1, -0.05) is 6.07 Å². The van der Waals surface area contributed by atoms with Crippen LogP contribution in [0.4, 0.5) is 10.6 Å². The minimum Gasteiger partial charge on any atom is -0.444 e. The number of nitrogens with zero attached hydrogens (tertiary/aromatic N) is 2. The summed E-state index contributed by atoms with van der Waals surface area (Å²) >= 11 is 0. The van der Waals surface area contributed by atoms with Gasteiger partial charge in [0.25, 0.3) is 0 Å². The van der Waals surface area contributed by atoms with Gasteiger partial charge in [-0.3, -0.25) is 0 Å². The van der Waals surface area contributed by atoms with Crippen molar-refractivity contribution in [1.29, 1.82) is 0 Å². The molecule has 1 saturated heterocycles. The molecule has 1 fully saturated rings. The van der Waals surface area contributed by atoms with E-state index in [0.29, 0.717) is 6.54 Å². The molecule has 2 heterocycles. The maximum absolute atomic E-state index is 11.9. The molecule has 1 aliphatic rings. The first-order chi connectivity index (χ1) is 8.94. The quantitative estimate of drug-likeness (QED) is 0.890. The molecule has 0 aliphatic carbocycles. The zero-order chi connectivity index (χ0) is 13.9. The lowest BCUT2D eigenvalue weighted by Gasteiger charge is -2.24. The van der Waals surface area contributed by atoms with Crippen molar-refractivity contribution in [3.8, 4) is 0 Å². The molecule has 19 heavy (non-hydrogen) atoms. The first-order valence-electron chi connectivity index (χ1n) is 6.59. The number of hydrogen-bond acceptors (Lipinski definition) is 4. The first-order valence-corrected chi connectivity index (χ1v) is 6.59. The number of rotatable bonds is 2. The van der Waals surface area contributed by atoms with Crippen LogP contribution in [0.5, 0.6) is 0 Å². The molecule has 1 N–H and O–H groups in total. The normalized spacial score (nSPS) is 19.3. The van der Waals surface area contributed by atoms with E-state index in [1.165, 1.54) is 0 Å². The Morgan fingerprint density at radius 3 is 2.89 bits per heavy atom. The SMILES string of the molecule is CC(C)(C)OC(=O)N1CC[C@@H](Nc2ccccn2)C1. The van der Waals surface area contributed by atoms with Gasteiger partial charge in [0, 0.05) is 25.3 Å². The number of carbonyl (C=O) groups excluding carboxylic acids is 1. The van der Waals surface area contributed by atoms with E-state index in [0.717, 1.165) is 18.8 Å². The summed E-state index contributed by atoms with van der Waals surface area (Å²) in [5.41, 5.74) is -0.441. The number of hydrogen-bond donors (Lipinski definition) is 1. The number of ether oxygens (including phenoxy) is 1. The highest BCUT2D eigenvalue weighted by Crippen LogP contribution is 2.17. The molecule has 0 aromatic carbocycles. The molecular weight excluding hydrogens is 242 g/mol. The molecule has 5 nitrogen and oxygen atoms in total. The van der Waals surface area contributed by atoms with Crippen LogP contribution >= 0.6 is 0 Å². The lowest BCUT2D eigenvalue weighted by atomic mass is 10.2. The average molecular weight is 263 g/mol. The molecule has 1 aliphatic heterocycles. The maximum atomic E-state index is 11.9. The van der Waals surface area contributed by atoms with Gasteiger partial charge >= 0.3 is 6.09 Å². The highest BCUT2D eigenvalue weighted by molar-refractivity contribution is 5.68. The lowest BCUT2D eigenvalue weighted by molar-refractivity contribution is 0.0293. The number of likely N-dealkylation sites (tertiary alicyclic amines) is 1. The Morgan fingerprint density at radius 1 is 1.47 bits per heavy atom. The van der Waals surface area contributed by atoms with Crippen LogP contribution < -0.4 is 5.32 Å². The molecule has 104 valence electrons. The lowest BCUT2D eigenvalue weighted by Crippen LogP contribution is -2.36. The molecular formula is C14H21N3O2. The van der Waals surface area contributed by atoms with E-state index in [1.54, 1.807) is 11.1 Å². The highest BCUT2D eigenvalue weighted by Gasteiger charge is 2.29. The molecule has 0 radical (unpaired) electrons. The number of anilines is 1. The van der Waals surface area contributed by atoms with Crippen LogP contribution in [-0.4, -0.2) is 40.7 Å². The van der Waals surface area contributed by atoms with Crippen LogP contribution in [0.1, 0.15) is 27.2 Å². The van der Waals surface area contributed by atoms with E-state index in [1.807, 2.05) is 39.0 Å². The Balaban J connectivity index is 1.85. The van der Waals surface area contributed by atoms with Crippen LogP contribution in [0, 0.1) is 0 Å². The molecule has 0 saturated carbocycles. The topological polar surface area (TPSA) is 54.5 Å². The summed E-state index contributed by atoms with van der Waals surface area (Å²) in [4.78, 5) is 17.9. The minimum atomic E-state index is -0.441. The van der Waals surface area contributed by atoms with Gasteiger partial charge in [-0.05, 0) is 39.3 Å². The molecule has 0 unspecified atom stereocenters. The zero-order valence-corrected chi connectivity index (χ0v) is 11.7. The largest absolute Gasteiger partial charge is 0.444 e. The fraction of sp³-hybridized carbons (Fsp3) is 0.571. The predicted octanol–water partition coefficient (Wildman–Crippen LogP) is 2.50. The number of nitrogens with one attached hydrogen (secondary N) is 1. The first kappa shape index (κ1) is 13.6. The third-order valence-corrected chi connectivity index (χ3v) is 2.86. The molecule has 1 amide bonds. The third kappa shape index (κ3) is 4.12. The van der Waals surface area contributed by atoms with E-state index >= 15 is 0 Å². The van der Waals surface area contributed by atoms with Gasteiger partial charge in [-0.2, -0.15) is 0 Å². The number of aromatic nitrogens is 1. The molecule has 0 spiro atoms. The van der Waals surface area contributed by atoms with Crippen LogP contribution in [0.15, 0.2) is 24.4 Å². The summed E-state index contributed by atoms with van der Waals surface area (Å²) in [5.74, 6) is 0.846. The summed E-state index contributed by atoms with van der Waals surface area (Å²) in [5, 5.41) is 3.33. The predicted molar refractivity (Wildman–Crippen MR) is 74.1 cm³/mol. The third-order valence-electron chi connectivity index (χ3n) is 2.86. The van der Waals surface area contributed by atoms with Gasteiger partial charge in [-0.15, -0.1) is 0 Å². The van der Waals surface area contributed by atoms with E-state index < -0.39 is 5.60 Å². The summed E-state index contributed by atoms with van der Waals surface area (Å²) in [6, 6.07) is 5.99. The zero-order valence-electron chi connectivity index (χ0n) is 11.7. The van der Waals surface area contributed by atoms with E-state index in [9.17, 15) is 4.79 Å². The minimum absolute atomic E-state index is 0.238. The Hall–Kier alpha value is -1.78. The van der Waals surface area contributed by atoms with Gasteiger partial charge in [0.15, 0.2) is 0 Å². The average Bonchev–Trinajstić information content (AvgIpc) is 2.77. The Bertz CT molecular complexity index is 428. The molecule has 1 atom stereocenters. The van der Waals surface area contributed by atoms with Crippen molar-refractivity contribution in [2.24, 2.45) is 0 Å². The van der Waals surface area contributed by atoms with Crippen molar-refractivity contribution < 1.29 is 9.53 Å². The van der Waals surface area contributed by atoms with Gasteiger partial charge in [0.2, 0.25) is 0 Å². The highest BCUT2D eigenvalue weighted by atomic mass is 16.6. The Kier molecular flexibility index (Phi) is 3.93. The van der Waals surface area contributed by atoms with Gasteiger partial charge in [0.1, 0.15) is 11.4 Å². The monoisotopic (exact) mass is 263 g/mol. The Labute approximate surface area is 114 Å². The van der Waals surface area contributed by atoms with E-state index in [4.69, 9.17) is 4.74 Å². The summed E-state index contributed by atoms with van der Waals surface area (Å²) in [6.07, 6.45) is 2.43.